The number of carbonyl (C=O) groups excluding carboxylic acids is 1. The summed E-state index contributed by atoms with van der Waals surface area (Å²) in [6.45, 7) is 0.883. The van der Waals surface area contributed by atoms with Crippen LogP contribution < -0.4 is 4.90 Å². The second kappa shape index (κ2) is 4.69. The molecule has 3 heteroatoms. The number of fused-ring (bicyclic) bond motifs is 1. The van der Waals surface area contributed by atoms with E-state index in [9.17, 15) is 4.79 Å². The molecule has 1 fully saturated rings. The topological polar surface area (TPSA) is 20.3 Å². The van der Waals surface area contributed by atoms with E-state index >= 15 is 0 Å². The fraction of sp³-hybridized carbons (Fsp3) is 0.533. The average molecular weight is 308 g/mol. The van der Waals surface area contributed by atoms with E-state index in [0.717, 1.165) is 24.0 Å². The number of hydrogen-bond acceptors (Lipinski definition) is 1. The lowest BCUT2D eigenvalue weighted by molar-refractivity contribution is -0.119. The largest absolute Gasteiger partial charge is 0.312 e. The highest BCUT2D eigenvalue weighted by atomic mass is 79.9. The van der Waals surface area contributed by atoms with Gasteiger partial charge in [0.2, 0.25) is 5.91 Å². The summed E-state index contributed by atoms with van der Waals surface area (Å²) >= 11 is 3.63. The molecular weight excluding hydrogens is 290 g/mol. The zero-order valence-corrected chi connectivity index (χ0v) is 12.1. The van der Waals surface area contributed by atoms with Crippen molar-refractivity contribution >= 4 is 27.5 Å². The molecule has 1 amide bonds. The molecule has 2 aliphatic rings. The first-order chi connectivity index (χ1) is 8.74. The van der Waals surface area contributed by atoms with Crippen LogP contribution >= 0.6 is 15.9 Å². The highest BCUT2D eigenvalue weighted by molar-refractivity contribution is 9.09. The number of aryl methyl sites for hydroxylation is 1. The summed E-state index contributed by atoms with van der Waals surface area (Å²) in [7, 11) is 0. The van der Waals surface area contributed by atoms with Crippen molar-refractivity contribution in [3.63, 3.8) is 0 Å². The number of para-hydroxylation sites is 1. The van der Waals surface area contributed by atoms with Crippen molar-refractivity contribution in [3.8, 4) is 0 Å². The molecule has 0 aromatic heterocycles. The first-order valence-electron chi connectivity index (χ1n) is 6.68. The number of nitrogens with zero attached hydrogens (tertiary/aromatic N) is 1. The van der Waals surface area contributed by atoms with Gasteiger partial charge in [0.1, 0.15) is 0 Å². The maximum absolute atomic E-state index is 12.2. The van der Waals surface area contributed by atoms with Gasteiger partial charge >= 0.3 is 0 Å². The minimum atomic E-state index is 0.293. The van der Waals surface area contributed by atoms with Crippen molar-refractivity contribution in [1.29, 1.82) is 0 Å². The van der Waals surface area contributed by atoms with Crippen LogP contribution in [0.5, 0.6) is 0 Å². The molecule has 0 unspecified atom stereocenters. The number of benzene rings is 1. The fourth-order valence-electron chi connectivity index (χ4n) is 3.02. The van der Waals surface area contributed by atoms with E-state index in [-0.39, 0.29) is 0 Å². The number of carbonyl (C=O) groups is 1. The van der Waals surface area contributed by atoms with Gasteiger partial charge in [-0.25, -0.2) is 0 Å². The monoisotopic (exact) mass is 307 g/mol. The van der Waals surface area contributed by atoms with Crippen molar-refractivity contribution in [3.05, 3.63) is 29.8 Å². The third-order valence-corrected chi connectivity index (χ3v) is 5.57. The van der Waals surface area contributed by atoms with Gasteiger partial charge in [-0.2, -0.15) is 0 Å². The fourth-order valence-corrected chi connectivity index (χ4v) is 3.75. The van der Waals surface area contributed by atoms with E-state index in [0.29, 0.717) is 17.7 Å². The zero-order chi connectivity index (χ0) is 12.6. The Bertz CT molecular complexity index is 462. The van der Waals surface area contributed by atoms with Crippen LogP contribution in [0.15, 0.2) is 24.3 Å². The van der Waals surface area contributed by atoms with Crippen molar-refractivity contribution in [1.82, 2.24) is 0 Å². The molecule has 1 heterocycles. The number of halogens is 1. The van der Waals surface area contributed by atoms with Gasteiger partial charge in [0.05, 0.1) is 0 Å². The first kappa shape index (κ1) is 12.2. The summed E-state index contributed by atoms with van der Waals surface area (Å²) in [4.78, 5) is 14.2. The van der Waals surface area contributed by atoms with Crippen LogP contribution in [0.4, 0.5) is 5.69 Å². The van der Waals surface area contributed by atoms with Gasteiger partial charge in [-0.15, -0.1) is 0 Å². The number of alkyl halides is 1. The molecule has 18 heavy (non-hydrogen) atoms. The van der Waals surface area contributed by atoms with Crippen LogP contribution in [0.1, 0.15) is 31.2 Å². The van der Waals surface area contributed by atoms with Crippen molar-refractivity contribution < 1.29 is 4.79 Å². The lowest BCUT2D eigenvalue weighted by Crippen LogP contribution is -2.47. The van der Waals surface area contributed by atoms with Gasteiger partial charge in [-0.3, -0.25) is 4.79 Å². The van der Waals surface area contributed by atoms with Crippen molar-refractivity contribution in [2.75, 3.05) is 16.8 Å². The van der Waals surface area contributed by atoms with Gasteiger partial charge in [-0.1, -0.05) is 40.5 Å². The van der Waals surface area contributed by atoms with E-state index in [1.54, 1.807) is 0 Å². The van der Waals surface area contributed by atoms with Gasteiger partial charge in [-0.05, 0) is 36.3 Å². The number of rotatable bonds is 3. The third-order valence-electron chi connectivity index (χ3n) is 4.38. The predicted octanol–water partition coefficient (Wildman–Crippen LogP) is 3.53. The lowest BCUT2D eigenvalue weighted by atomic mass is 9.70. The second-order valence-electron chi connectivity index (χ2n) is 5.60. The minimum absolute atomic E-state index is 0.293. The number of amides is 1. The highest BCUT2D eigenvalue weighted by Crippen LogP contribution is 2.44. The Balaban J connectivity index is 1.89. The molecule has 1 aromatic rings. The predicted molar refractivity (Wildman–Crippen MR) is 77.2 cm³/mol. The van der Waals surface area contributed by atoms with E-state index in [1.165, 1.54) is 24.8 Å². The van der Waals surface area contributed by atoms with Crippen LogP contribution in [0, 0.1) is 5.41 Å². The number of anilines is 1. The molecule has 1 aliphatic heterocycles. The Labute approximate surface area is 116 Å². The summed E-state index contributed by atoms with van der Waals surface area (Å²) in [6, 6.07) is 8.34. The van der Waals surface area contributed by atoms with Crippen LogP contribution in [-0.4, -0.2) is 17.8 Å². The van der Waals surface area contributed by atoms with Gasteiger partial charge in [0, 0.05) is 24.0 Å². The molecule has 0 N–H and O–H groups in total. The van der Waals surface area contributed by atoms with E-state index in [4.69, 9.17) is 0 Å². The molecule has 1 aliphatic carbocycles. The molecule has 0 bridgehead atoms. The van der Waals surface area contributed by atoms with Gasteiger partial charge in [0.15, 0.2) is 0 Å². The maximum atomic E-state index is 12.2. The second-order valence-corrected chi connectivity index (χ2v) is 6.16. The first-order valence-corrected chi connectivity index (χ1v) is 7.80. The minimum Gasteiger partial charge on any atom is -0.312 e. The molecule has 1 aromatic carbocycles. The molecule has 0 spiro atoms. The smallest absolute Gasteiger partial charge is 0.227 e. The highest BCUT2D eigenvalue weighted by Gasteiger charge is 2.40. The standard InChI is InChI=1S/C15H18BrNO/c16-10-15(8-3-9-15)11-17-13-5-2-1-4-12(13)6-7-14(17)18/h1-2,4-5H,3,6-11H2. The quantitative estimate of drug-likeness (QED) is 0.782. The zero-order valence-electron chi connectivity index (χ0n) is 10.5. The maximum Gasteiger partial charge on any atom is 0.227 e. The third kappa shape index (κ3) is 1.99. The van der Waals surface area contributed by atoms with Crippen LogP contribution in [-0.2, 0) is 11.2 Å². The molecule has 0 saturated heterocycles. The van der Waals surface area contributed by atoms with Gasteiger partial charge < -0.3 is 4.90 Å². The van der Waals surface area contributed by atoms with E-state index in [1.807, 2.05) is 11.0 Å². The Morgan fingerprint density at radius 1 is 1.22 bits per heavy atom. The summed E-state index contributed by atoms with van der Waals surface area (Å²) in [6.07, 6.45) is 5.34. The SMILES string of the molecule is O=C1CCc2ccccc2N1CC1(CBr)CCC1. The Morgan fingerprint density at radius 2 is 2.00 bits per heavy atom. The summed E-state index contributed by atoms with van der Waals surface area (Å²) in [5, 5.41) is 1.01. The average Bonchev–Trinajstić information content (AvgIpc) is 2.36. The molecule has 3 rings (SSSR count). The van der Waals surface area contributed by atoms with E-state index in [2.05, 4.69) is 34.1 Å². The number of hydrogen-bond donors (Lipinski definition) is 0. The molecule has 1 saturated carbocycles. The molecule has 2 nitrogen and oxygen atoms in total. The summed E-state index contributed by atoms with van der Waals surface area (Å²) in [5.74, 6) is 0.293. The van der Waals surface area contributed by atoms with Gasteiger partial charge in [0.25, 0.3) is 0 Å². The molecular formula is C15H18BrNO. The normalized spacial score (nSPS) is 21.4. The van der Waals surface area contributed by atoms with Crippen molar-refractivity contribution in [2.45, 2.75) is 32.1 Å². The van der Waals surface area contributed by atoms with Crippen LogP contribution in [0.25, 0.3) is 0 Å². The van der Waals surface area contributed by atoms with Crippen LogP contribution in [0.2, 0.25) is 0 Å². The van der Waals surface area contributed by atoms with Crippen molar-refractivity contribution in [2.24, 2.45) is 5.41 Å². The lowest BCUT2D eigenvalue weighted by Gasteiger charge is -2.45. The molecule has 0 atom stereocenters. The van der Waals surface area contributed by atoms with Crippen LogP contribution in [0.3, 0.4) is 0 Å². The Kier molecular flexibility index (Phi) is 3.18. The van der Waals surface area contributed by atoms with E-state index < -0.39 is 0 Å². The molecule has 96 valence electrons. The Hall–Kier alpha value is -0.830. The summed E-state index contributed by atoms with van der Waals surface area (Å²) in [5.41, 5.74) is 2.78. The Morgan fingerprint density at radius 3 is 2.67 bits per heavy atom. The summed E-state index contributed by atoms with van der Waals surface area (Å²) < 4.78 is 0. The molecule has 0 radical (unpaired) electrons.